The third-order valence-electron chi connectivity index (χ3n) is 3.12. The highest BCUT2D eigenvalue weighted by molar-refractivity contribution is 6.46. The standard InChI is InChI=1S/C14H16FN5/c15-11-5-4-6-12(9-11)18-19-13(10-16)14(17)20-7-2-1-3-8-20/h4-6,9,17-18H,1-3,7-8H2/b17-14?,19-13+. The van der Waals surface area contributed by atoms with Gasteiger partial charge in [0.1, 0.15) is 11.9 Å². The van der Waals surface area contributed by atoms with Crippen molar-refractivity contribution in [1.29, 1.82) is 10.7 Å². The van der Waals surface area contributed by atoms with E-state index >= 15 is 0 Å². The largest absolute Gasteiger partial charge is 0.355 e. The van der Waals surface area contributed by atoms with E-state index in [1.807, 2.05) is 11.0 Å². The summed E-state index contributed by atoms with van der Waals surface area (Å²) in [6.07, 6.45) is 3.21. The van der Waals surface area contributed by atoms with Crippen molar-refractivity contribution in [2.45, 2.75) is 19.3 Å². The maximum Gasteiger partial charge on any atom is 0.202 e. The molecule has 0 aromatic heterocycles. The second kappa shape index (κ2) is 6.66. The molecule has 104 valence electrons. The Labute approximate surface area is 117 Å². The normalized spacial score (nSPS) is 15.6. The molecule has 5 nitrogen and oxygen atoms in total. The summed E-state index contributed by atoms with van der Waals surface area (Å²) in [6, 6.07) is 7.72. The quantitative estimate of drug-likeness (QED) is 0.505. The van der Waals surface area contributed by atoms with Crippen molar-refractivity contribution in [2.75, 3.05) is 18.5 Å². The van der Waals surface area contributed by atoms with E-state index in [9.17, 15) is 4.39 Å². The third kappa shape index (κ3) is 3.54. The van der Waals surface area contributed by atoms with Gasteiger partial charge in [-0.05, 0) is 37.5 Å². The predicted octanol–water partition coefficient (Wildman–Crippen LogP) is 2.58. The van der Waals surface area contributed by atoms with Gasteiger partial charge in [0.05, 0.1) is 5.69 Å². The Balaban J connectivity index is 2.05. The van der Waals surface area contributed by atoms with Crippen molar-refractivity contribution in [2.24, 2.45) is 5.10 Å². The lowest BCUT2D eigenvalue weighted by Crippen LogP contribution is -2.39. The molecule has 0 spiro atoms. The number of halogens is 1. The summed E-state index contributed by atoms with van der Waals surface area (Å²) in [5.74, 6) is -0.258. The summed E-state index contributed by atoms with van der Waals surface area (Å²) in [6.45, 7) is 1.55. The molecule has 2 rings (SSSR count). The lowest BCUT2D eigenvalue weighted by molar-refractivity contribution is 0.344. The van der Waals surface area contributed by atoms with Crippen LogP contribution in [0.25, 0.3) is 0 Å². The van der Waals surface area contributed by atoms with E-state index in [-0.39, 0.29) is 17.4 Å². The maximum absolute atomic E-state index is 13.0. The molecule has 1 aromatic rings. The molecule has 6 heteroatoms. The zero-order valence-electron chi connectivity index (χ0n) is 11.1. The van der Waals surface area contributed by atoms with Gasteiger partial charge in [0.2, 0.25) is 5.71 Å². The van der Waals surface area contributed by atoms with E-state index < -0.39 is 0 Å². The number of nitrogens with one attached hydrogen (secondary N) is 2. The zero-order chi connectivity index (χ0) is 14.4. The van der Waals surface area contributed by atoms with Crippen LogP contribution in [0.1, 0.15) is 19.3 Å². The molecule has 0 aliphatic carbocycles. The van der Waals surface area contributed by atoms with Crippen LogP contribution in [-0.4, -0.2) is 29.5 Å². The van der Waals surface area contributed by atoms with Gasteiger partial charge < -0.3 is 4.90 Å². The molecule has 1 saturated heterocycles. The van der Waals surface area contributed by atoms with Crippen LogP contribution in [-0.2, 0) is 0 Å². The van der Waals surface area contributed by atoms with E-state index in [1.54, 1.807) is 12.1 Å². The first-order valence-electron chi connectivity index (χ1n) is 6.54. The van der Waals surface area contributed by atoms with E-state index in [0.29, 0.717) is 5.69 Å². The average molecular weight is 273 g/mol. The molecule has 1 heterocycles. The first-order valence-corrected chi connectivity index (χ1v) is 6.54. The molecule has 0 saturated carbocycles. The van der Waals surface area contributed by atoms with Crippen molar-refractivity contribution in [3.63, 3.8) is 0 Å². The maximum atomic E-state index is 13.0. The van der Waals surface area contributed by atoms with Crippen molar-refractivity contribution >= 4 is 17.2 Å². The summed E-state index contributed by atoms with van der Waals surface area (Å²) >= 11 is 0. The number of hydrogen-bond donors (Lipinski definition) is 2. The van der Waals surface area contributed by atoms with Crippen LogP contribution < -0.4 is 5.43 Å². The van der Waals surface area contributed by atoms with E-state index in [1.165, 1.54) is 12.1 Å². The molecular weight excluding hydrogens is 257 g/mol. The number of nitrogens with zero attached hydrogens (tertiary/aromatic N) is 3. The van der Waals surface area contributed by atoms with E-state index in [0.717, 1.165) is 32.4 Å². The number of piperidine rings is 1. The fraction of sp³-hybridized carbons (Fsp3) is 0.357. The molecule has 1 aromatic carbocycles. The fourth-order valence-corrected chi connectivity index (χ4v) is 2.08. The van der Waals surface area contributed by atoms with Crippen LogP contribution >= 0.6 is 0 Å². The number of nitriles is 1. The smallest absolute Gasteiger partial charge is 0.202 e. The molecular formula is C14H16FN5. The first kappa shape index (κ1) is 14.0. The molecule has 0 radical (unpaired) electrons. The van der Waals surface area contributed by atoms with E-state index in [4.69, 9.17) is 10.7 Å². The number of likely N-dealkylation sites (tertiary alicyclic amines) is 1. The van der Waals surface area contributed by atoms with Gasteiger partial charge in [-0.25, -0.2) is 4.39 Å². The summed E-state index contributed by atoms with van der Waals surface area (Å²) < 4.78 is 13.0. The van der Waals surface area contributed by atoms with Crippen LogP contribution in [0.15, 0.2) is 29.4 Å². The van der Waals surface area contributed by atoms with Gasteiger partial charge in [-0.15, -0.1) is 0 Å². The molecule has 0 unspecified atom stereocenters. The Hall–Kier alpha value is -2.42. The Morgan fingerprint density at radius 1 is 1.35 bits per heavy atom. The number of hydrazone groups is 1. The highest BCUT2D eigenvalue weighted by Gasteiger charge is 2.18. The Morgan fingerprint density at radius 3 is 2.75 bits per heavy atom. The second-order valence-corrected chi connectivity index (χ2v) is 4.59. The lowest BCUT2D eigenvalue weighted by atomic mass is 10.1. The lowest BCUT2D eigenvalue weighted by Gasteiger charge is -2.27. The van der Waals surface area contributed by atoms with Gasteiger partial charge in [0.25, 0.3) is 0 Å². The molecule has 0 atom stereocenters. The topological polar surface area (TPSA) is 75.3 Å². The summed E-state index contributed by atoms with van der Waals surface area (Å²) in [4.78, 5) is 1.85. The Bertz CT molecular complexity index is 555. The highest BCUT2D eigenvalue weighted by atomic mass is 19.1. The molecule has 1 aliphatic heterocycles. The van der Waals surface area contributed by atoms with Gasteiger partial charge in [-0.1, -0.05) is 6.07 Å². The van der Waals surface area contributed by atoms with Crippen LogP contribution in [0.3, 0.4) is 0 Å². The number of benzene rings is 1. The number of hydrogen-bond acceptors (Lipinski definition) is 4. The Morgan fingerprint density at radius 2 is 2.10 bits per heavy atom. The SMILES string of the molecule is N#C/C(=N\Nc1cccc(F)c1)C(=N)N1CCCCC1. The molecule has 2 N–H and O–H groups in total. The van der Waals surface area contributed by atoms with Gasteiger partial charge in [0, 0.05) is 13.1 Å². The van der Waals surface area contributed by atoms with Gasteiger partial charge in [-0.3, -0.25) is 10.8 Å². The molecule has 20 heavy (non-hydrogen) atoms. The summed E-state index contributed by atoms with van der Waals surface area (Å²) in [7, 11) is 0. The van der Waals surface area contributed by atoms with Crippen molar-refractivity contribution < 1.29 is 4.39 Å². The van der Waals surface area contributed by atoms with Crippen LogP contribution in [0.4, 0.5) is 10.1 Å². The van der Waals surface area contributed by atoms with Crippen molar-refractivity contribution in [1.82, 2.24) is 4.90 Å². The summed E-state index contributed by atoms with van der Waals surface area (Å²) in [5, 5.41) is 21.0. The molecule has 0 amide bonds. The monoisotopic (exact) mass is 273 g/mol. The van der Waals surface area contributed by atoms with Crippen molar-refractivity contribution in [3.05, 3.63) is 30.1 Å². The average Bonchev–Trinajstić information content (AvgIpc) is 2.48. The third-order valence-corrected chi connectivity index (χ3v) is 3.12. The van der Waals surface area contributed by atoms with Crippen molar-refractivity contribution in [3.8, 4) is 6.07 Å². The molecule has 1 aliphatic rings. The summed E-state index contributed by atoms with van der Waals surface area (Å²) in [5.41, 5.74) is 3.07. The highest BCUT2D eigenvalue weighted by Crippen LogP contribution is 2.11. The van der Waals surface area contributed by atoms with Gasteiger partial charge in [0.15, 0.2) is 5.84 Å². The minimum absolute atomic E-state index is 0.0103. The van der Waals surface area contributed by atoms with Crippen LogP contribution in [0.5, 0.6) is 0 Å². The molecule has 1 fully saturated rings. The first-order chi connectivity index (χ1) is 9.70. The minimum atomic E-state index is -0.380. The number of rotatable bonds is 3. The van der Waals surface area contributed by atoms with Crippen LogP contribution in [0, 0.1) is 22.6 Å². The fourth-order valence-electron chi connectivity index (χ4n) is 2.08. The van der Waals surface area contributed by atoms with Gasteiger partial charge in [-0.2, -0.15) is 10.4 Å². The number of anilines is 1. The van der Waals surface area contributed by atoms with E-state index in [2.05, 4.69) is 10.5 Å². The zero-order valence-corrected chi connectivity index (χ0v) is 11.1. The minimum Gasteiger partial charge on any atom is -0.355 e. The second-order valence-electron chi connectivity index (χ2n) is 4.59. The Kier molecular flexibility index (Phi) is 4.66. The van der Waals surface area contributed by atoms with Crippen LogP contribution in [0.2, 0.25) is 0 Å². The van der Waals surface area contributed by atoms with Gasteiger partial charge >= 0.3 is 0 Å². The predicted molar refractivity (Wildman–Crippen MR) is 76.2 cm³/mol. The molecule has 0 bridgehead atoms. The number of amidine groups is 1.